The minimum atomic E-state index is -0.393. The fourth-order valence-electron chi connectivity index (χ4n) is 3.88. The predicted octanol–water partition coefficient (Wildman–Crippen LogP) is 2.56. The van der Waals surface area contributed by atoms with Crippen molar-refractivity contribution in [2.24, 2.45) is 5.41 Å². The molecule has 0 saturated carbocycles. The topological polar surface area (TPSA) is 79.5 Å². The van der Waals surface area contributed by atoms with Gasteiger partial charge in [-0.2, -0.15) is 5.10 Å². The van der Waals surface area contributed by atoms with Gasteiger partial charge < -0.3 is 14.8 Å². The lowest BCUT2D eigenvalue weighted by molar-refractivity contribution is -0.0119. The molecule has 3 rings (SSSR count). The average Bonchev–Trinajstić information content (AvgIpc) is 3.11. The molecule has 1 fully saturated rings. The Hall–Kier alpha value is -1.86. The van der Waals surface area contributed by atoms with Crippen molar-refractivity contribution < 1.29 is 14.3 Å². The summed E-state index contributed by atoms with van der Waals surface area (Å²) < 4.78 is 10.8. The number of hydrogen-bond acceptors (Lipinski definition) is 5. The van der Waals surface area contributed by atoms with E-state index in [2.05, 4.69) is 26.5 Å². The first kappa shape index (κ1) is 18.9. The third-order valence-corrected chi connectivity index (χ3v) is 5.48. The molecular weight excluding hydrogens is 332 g/mol. The number of aromatic nitrogens is 2. The lowest BCUT2D eigenvalue weighted by Crippen LogP contribution is -2.33. The van der Waals surface area contributed by atoms with Crippen molar-refractivity contribution >= 4 is 11.7 Å². The molecule has 26 heavy (non-hydrogen) atoms. The summed E-state index contributed by atoms with van der Waals surface area (Å²) in [5, 5.41) is 9.97. The van der Waals surface area contributed by atoms with Crippen LogP contribution in [0.5, 0.6) is 0 Å². The zero-order valence-corrected chi connectivity index (χ0v) is 15.8. The Bertz CT molecular complexity index is 634. The van der Waals surface area contributed by atoms with Crippen LogP contribution in [0.15, 0.2) is 12.3 Å². The summed E-state index contributed by atoms with van der Waals surface area (Å²) in [4.78, 5) is 13.3. The number of ether oxygens (including phenoxy) is 2. The van der Waals surface area contributed by atoms with E-state index in [4.69, 9.17) is 9.47 Å². The minimum Gasteiger partial charge on any atom is -0.448 e. The summed E-state index contributed by atoms with van der Waals surface area (Å²) in [5.74, 6) is 0. The number of H-pyrrole nitrogens is 1. The van der Waals surface area contributed by atoms with Gasteiger partial charge in [0.1, 0.15) is 6.61 Å². The molecule has 2 heterocycles. The van der Waals surface area contributed by atoms with Crippen molar-refractivity contribution in [3.05, 3.63) is 23.5 Å². The van der Waals surface area contributed by atoms with Crippen molar-refractivity contribution in [1.82, 2.24) is 20.4 Å². The lowest BCUT2D eigenvalue weighted by atomic mass is 9.71. The third kappa shape index (κ3) is 4.65. The van der Waals surface area contributed by atoms with E-state index in [9.17, 15) is 4.79 Å². The van der Waals surface area contributed by atoms with E-state index in [-0.39, 0.29) is 0 Å². The number of carbonyl (C=O) groups is 1. The molecule has 2 N–H and O–H groups in total. The molecule has 0 radical (unpaired) electrons. The Kier molecular flexibility index (Phi) is 6.32. The molecule has 0 aromatic carbocycles. The van der Waals surface area contributed by atoms with Gasteiger partial charge in [-0.25, -0.2) is 4.79 Å². The number of likely N-dealkylation sites (N-methyl/N-ethyl adjacent to an activating group) is 1. The normalized spacial score (nSPS) is 23.1. The quantitative estimate of drug-likeness (QED) is 0.813. The number of rotatable bonds is 6. The second kappa shape index (κ2) is 8.68. The van der Waals surface area contributed by atoms with Gasteiger partial charge in [0.2, 0.25) is 0 Å². The number of nitrogens with one attached hydrogen (secondary N) is 2. The van der Waals surface area contributed by atoms with Crippen LogP contribution in [0.25, 0.3) is 5.57 Å². The van der Waals surface area contributed by atoms with Gasteiger partial charge in [0, 0.05) is 38.5 Å². The Balaban J connectivity index is 1.56. The fraction of sp³-hybridized carbons (Fsp3) is 0.684. The van der Waals surface area contributed by atoms with Gasteiger partial charge in [0.25, 0.3) is 0 Å². The van der Waals surface area contributed by atoms with E-state index in [0.29, 0.717) is 18.6 Å². The van der Waals surface area contributed by atoms with Crippen molar-refractivity contribution in [2.75, 3.05) is 40.5 Å². The first-order valence-corrected chi connectivity index (χ1v) is 9.45. The van der Waals surface area contributed by atoms with Crippen LogP contribution in [0.4, 0.5) is 4.79 Å². The number of carbonyl (C=O) groups excluding carboxylic acids is 1. The molecule has 1 aromatic heterocycles. The van der Waals surface area contributed by atoms with E-state index in [1.165, 1.54) is 30.4 Å². The SMILES string of the molecule is CNC(=O)OCCN(C)Cc1c[nH]nc1C1=CCC2(CCCOC2)CC1. The highest BCUT2D eigenvalue weighted by atomic mass is 16.5. The van der Waals surface area contributed by atoms with Crippen LogP contribution in [0.2, 0.25) is 0 Å². The molecule has 1 amide bonds. The van der Waals surface area contributed by atoms with E-state index >= 15 is 0 Å². The second-order valence-electron chi connectivity index (χ2n) is 7.47. The number of aromatic amines is 1. The average molecular weight is 362 g/mol. The Morgan fingerprint density at radius 2 is 2.38 bits per heavy atom. The van der Waals surface area contributed by atoms with Crippen LogP contribution < -0.4 is 5.32 Å². The maximum atomic E-state index is 11.1. The molecule has 1 spiro atoms. The summed E-state index contributed by atoms with van der Waals surface area (Å²) in [7, 11) is 3.58. The molecule has 1 aliphatic heterocycles. The van der Waals surface area contributed by atoms with Gasteiger partial charge in [0.05, 0.1) is 12.3 Å². The van der Waals surface area contributed by atoms with Gasteiger partial charge in [-0.1, -0.05) is 6.08 Å². The van der Waals surface area contributed by atoms with Crippen LogP contribution >= 0.6 is 0 Å². The summed E-state index contributed by atoms with van der Waals surface area (Å²) in [6.07, 6.45) is 9.73. The fourth-order valence-corrected chi connectivity index (χ4v) is 3.88. The van der Waals surface area contributed by atoms with Crippen LogP contribution in [-0.2, 0) is 16.0 Å². The molecule has 1 unspecified atom stereocenters. The van der Waals surface area contributed by atoms with Crippen LogP contribution in [0, 0.1) is 5.41 Å². The van der Waals surface area contributed by atoms with Crippen molar-refractivity contribution in [3.63, 3.8) is 0 Å². The van der Waals surface area contributed by atoms with Gasteiger partial charge >= 0.3 is 6.09 Å². The number of allylic oxidation sites excluding steroid dienone is 2. The first-order valence-electron chi connectivity index (χ1n) is 9.45. The molecule has 1 atom stereocenters. The van der Waals surface area contributed by atoms with Crippen molar-refractivity contribution in [3.8, 4) is 0 Å². The zero-order chi connectivity index (χ0) is 18.4. The standard InChI is InChI=1S/C19H30N4O3/c1-20-18(24)26-11-9-23(2)13-16-12-21-22-17(16)15-4-7-19(8-5-15)6-3-10-25-14-19/h4,12H,3,5-11,13-14H2,1-2H3,(H,20,24)(H,21,22). The van der Waals surface area contributed by atoms with Gasteiger partial charge in [-0.05, 0) is 50.1 Å². The smallest absolute Gasteiger partial charge is 0.406 e. The molecule has 7 heteroatoms. The summed E-state index contributed by atoms with van der Waals surface area (Å²) >= 11 is 0. The zero-order valence-electron chi connectivity index (χ0n) is 15.8. The first-order chi connectivity index (χ1) is 12.6. The molecule has 1 aromatic rings. The molecule has 7 nitrogen and oxygen atoms in total. The highest BCUT2D eigenvalue weighted by Gasteiger charge is 2.34. The summed E-state index contributed by atoms with van der Waals surface area (Å²) in [6, 6.07) is 0. The van der Waals surface area contributed by atoms with Gasteiger partial charge in [0.15, 0.2) is 0 Å². The third-order valence-electron chi connectivity index (χ3n) is 5.48. The Labute approximate surface area is 155 Å². The lowest BCUT2D eigenvalue weighted by Gasteiger charge is -2.39. The second-order valence-corrected chi connectivity index (χ2v) is 7.47. The maximum Gasteiger partial charge on any atom is 0.406 e. The summed E-state index contributed by atoms with van der Waals surface area (Å²) in [5.41, 5.74) is 3.96. The van der Waals surface area contributed by atoms with Crippen molar-refractivity contribution in [2.45, 2.75) is 38.6 Å². The van der Waals surface area contributed by atoms with Crippen LogP contribution in [0.1, 0.15) is 43.4 Å². The molecule has 2 aliphatic rings. The monoisotopic (exact) mass is 362 g/mol. The Morgan fingerprint density at radius 3 is 3.08 bits per heavy atom. The highest BCUT2D eigenvalue weighted by Crippen LogP contribution is 2.44. The number of nitrogens with zero attached hydrogens (tertiary/aromatic N) is 2. The van der Waals surface area contributed by atoms with Gasteiger partial charge in [-0.15, -0.1) is 0 Å². The number of hydrogen-bond donors (Lipinski definition) is 2. The minimum absolute atomic E-state index is 0.353. The molecule has 144 valence electrons. The molecule has 1 aliphatic carbocycles. The van der Waals surface area contributed by atoms with E-state index < -0.39 is 6.09 Å². The number of alkyl carbamates (subject to hydrolysis) is 1. The highest BCUT2D eigenvalue weighted by molar-refractivity contribution is 5.66. The molecule has 1 saturated heterocycles. The largest absolute Gasteiger partial charge is 0.448 e. The predicted molar refractivity (Wildman–Crippen MR) is 99.6 cm³/mol. The Morgan fingerprint density at radius 1 is 1.50 bits per heavy atom. The molecule has 0 bridgehead atoms. The van der Waals surface area contributed by atoms with Crippen LogP contribution in [-0.4, -0.2) is 61.7 Å². The maximum absolute atomic E-state index is 11.1. The summed E-state index contributed by atoms with van der Waals surface area (Å²) in [6.45, 7) is 3.64. The molecular formula is C19H30N4O3. The number of amides is 1. The van der Waals surface area contributed by atoms with E-state index in [1.54, 1.807) is 7.05 Å². The van der Waals surface area contributed by atoms with E-state index in [0.717, 1.165) is 38.3 Å². The van der Waals surface area contributed by atoms with Crippen molar-refractivity contribution in [1.29, 1.82) is 0 Å². The van der Waals surface area contributed by atoms with E-state index in [1.807, 2.05) is 13.2 Å². The van der Waals surface area contributed by atoms with Gasteiger partial charge in [-0.3, -0.25) is 10.00 Å². The van der Waals surface area contributed by atoms with Crippen LogP contribution in [0.3, 0.4) is 0 Å².